The lowest BCUT2D eigenvalue weighted by Gasteiger charge is -2.25. The van der Waals surface area contributed by atoms with Crippen LogP contribution in [0.15, 0.2) is 240 Å². The Morgan fingerprint density at radius 2 is 0.970 bits per heavy atom. The van der Waals surface area contributed by atoms with Gasteiger partial charge < -0.3 is 9.88 Å². The molecule has 1 atom stereocenters. The number of nitrogens with zero attached hydrogens (tertiary/aromatic N) is 3. The summed E-state index contributed by atoms with van der Waals surface area (Å²) < 4.78 is 4.79. The van der Waals surface area contributed by atoms with Crippen molar-refractivity contribution < 1.29 is 0 Å². The Morgan fingerprint density at radius 1 is 0.403 bits per heavy atom. The Hall–Kier alpha value is -8.38. The molecule has 1 unspecified atom stereocenters. The number of hydrogen-bond acceptors (Lipinski definition) is 3. The van der Waals surface area contributed by atoms with Crippen LogP contribution in [0.3, 0.4) is 0 Å². The summed E-state index contributed by atoms with van der Waals surface area (Å²) in [4.78, 5) is 8.10. The second-order valence-corrected chi connectivity index (χ2v) is 18.6. The molecule has 0 spiro atoms. The van der Waals surface area contributed by atoms with Crippen molar-refractivity contribution in [3.05, 3.63) is 247 Å². The third-order valence-electron chi connectivity index (χ3n) is 13.8. The average molecular weight is 873 g/mol. The van der Waals surface area contributed by atoms with Gasteiger partial charge >= 0.3 is 0 Å². The molecule has 1 N–H and O–H groups in total. The molecule has 0 fully saturated rings. The van der Waals surface area contributed by atoms with Gasteiger partial charge in [0, 0.05) is 42.6 Å². The van der Waals surface area contributed by atoms with Crippen LogP contribution in [-0.4, -0.2) is 21.1 Å². The molecule has 0 saturated carbocycles. The highest BCUT2D eigenvalue weighted by Gasteiger charge is 2.33. The fraction of sp³-hybridized carbons (Fsp3) is 0.0161. The van der Waals surface area contributed by atoms with Crippen molar-refractivity contribution in [2.45, 2.75) is 6.04 Å². The number of para-hydroxylation sites is 1. The molecule has 12 aromatic rings. The average Bonchev–Trinajstić information content (AvgIpc) is 4.10. The van der Waals surface area contributed by atoms with Crippen LogP contribution in [0.2, 0.25) is 0 Å². The van der Waals surface area contributed by atoms with Gasteiger partial charge in [-0.15, -0.1) is 0 Å². The molecule has 67 heavy (non-hydrogen) atoms. The van der Waals surface area contributed by atoms with E-state index in [2.05, 4.69) is 245 Å². The van der Waals surface area contributed by atoms with Gasteiger partial charge in [-0.25, -0.2) is 4.99 Å². The standard InChI is InChI=1S/C62H40N4S/c1-4-15-39(16-5-1)40-27-29-44(30-28-40)60-61-51(38-56(67-61)43-19-6-2-7-20-43)63-62(64-60)66-52-34-33-45(37-50(52)57-47-23-12-10-17-41(47)31-35-54(57)66)49-25-14-26-53-59(49)58-48-24-13-11-18-42(48)32-36-55(58)65(53)46-21-8-3-9-22-46/h1-38,51H,(H,63,64). The van der Waals surface area contributed by atoms with E-state index in [-0.39, 0.29) is 6.04 Å². The second kappa shape index (κ2) is 15.1. The number of aromatic nitrogens is 2. The van der Waals surface area contributed by atoms with E-state index in [1.807, 2.05) is 11.8 Å². The predicted molar refractivity (Wildman–Crippen MR) is 285 cm³/mol. The van der Waals surface area contributed by atoms with Gasteiger partial charge in [0.25, 0.3) is 0 Å². The summed E-state index contributed by atoms with van der Waals surface area (Å²) in [6, 6.07) is 81.5. The molecule has 4 nitrogen and oxygen atoms in total. The van der Waals surface area contributed by atoms with Gasteiger partial charge in [-0.05, 0) is 97.9 Å². The molecule has 14 rings (SSSR count). The second-order valence-electron chi connectivity index (χ2n) is 17.5. The number of rotatable bonds is 5. The molecule has 2 aliphatic heterocycles. The summed E-state index contributed by atoms with van der Waals surface area (Å²) in [7, 11) is 0. The first kappa shape index (κ1) is 37.9. The van der Waals surface area contributed by atoms with Crippen LogP contribution in [0.25, 0.3) is 104 Å². The summed E-state index contributed by atoms with van der Waals surface area (Å²) in [6.07, 6.45) is 2.37. The predicted octanol–water partition coefficient (Wildman–Crippen LogP) is 15.9. The van der Waals surface area contributed by atoms with Crippen LogP contribution in [0.5, 0.6) is 0 Å². The van der Waals surface area contributed by atoms with Gasteiger partial charge in [-0.3, -0.25) is 4.57 Å². The zero-order valence-corrected chi connectivity index (χ0v) is 37.1. The molecule has 0 aliphatic carbocycles. The van der Waals surface area contributed by atoms with Crippen molar-refractivity contribution in [1.82, 2.24) is 14.5 Å². The van der Waals surface area contributed by atoms with Gasteiger partial charge in [-0.2, -0.15) is 0 Å². The van der Waals surface area contributed by atoms with Crippen molar-refractivity contribution in [2.75, 3.05) is 0 Å². The highest BCUT2D eigenvalue weighted by molar-refractivity contribution is 8.12. The lowest BCUT2D eigenvalue weighted by atomic mass is 9.95. The van der Waals surface area contributed by atoms with Gasteiger partial charge in [0.1, 0.15) is 0 Å². The van der Waals surface area contributed by atoms with Gasteiger partial charge in [0.05, 0.1) is 33.8 Å². The maximum Gasteiger partial charge on any atom is 0.209 e. The molecule has 2 aliphatic rings. The Balaban J connectivity index is 1.00. The smallest absolute Gasteiger partial charge is 0.209 e. The van der Waals surface area contributed by atoms with E-state index in [4.69, 9.17) is 4.99 Å². The van der Waals surface area contributed by atoms with Gasteiger partial charge in [-0.1, -0.05) is 194 Å². The zero-order valence-electron chi connectivity index (χ0n) is 36.3. The molecule has 0 amide bonds. The Bertz CT molecular complexity index is 4070. The highest BCUT2D eigenvalue weighted by atomic mass is 32.2. The minimum absolute atomic E-state index is 0.0573. The van der Waals surface area contributed by atoms with Gasteiger partial charge in [0.2, 0.25) is 5.96 Å². The van der Waals surface area contributed by atoms with Crippen molar-refractivity contribution in [3.8, 4) is 27.9 Å². The molecular formula is C62H40N4S. The Kier molecular flexibility index (Phi) is 8.55. The third-order valence-corrected chi connectivity index (χ3v) is 15.0. The highest BCUT2D eigenvalue weighted by Crippen LogP contribution is 2.49. The van der Waals surface area contributed by atoms with Crippen LogP contribution < -0.4 is 5.32 Å². The number of hydrogen-bond donors (Lipinski definition) is 1. The van der Waals surface area contributed by atoms with E-state index in [1.165, 1.54) is 91.8 Å². The first-order valence-corrected chi connectivity index (χ1v) is 23.7. The molecule has 314 valence electrons. The number of fused-ring (bicyclic) bond motifs is 11. The van der Waals surface area contributed by atoms with Crippen LogP contribution in [-0.2, 0) is 0 Å². The number of thioether (sulfide) groups is 1. The fourth-order valence-electron chi connectivity index (χ4n) is 10.7. The Morgan fingerprint density at radius 3 is 1.70 bits per heavy atom. The van der Waals surface area contributed by atoms with E-state index in [0.29, 0.717) is 0 Å². The van der Waals surface area contributed by atoms with E-state index in [9.17, 15) is 0 Å². The van der Waals surface area contributed by atoms with Crippen LogP contribution in [0, 0.1) is 0 Å². The Labute approximate surface area is 391 Å². The van der Waals surface area contributed by atoms with Crippen LogP contribution in [0.1, 0.15) is 11.1 Å². The monoisotopic (exact) mass is 872 g/mol. The minimum atomic E-state index is -0.0573. The SMILES string of the molecule is C1=C(c2ccccc2)SC2=C(c3ccc(-c4ccccc4)cc3)N=C(n3c4ccc(-c5cccc6c5c5c7ccccc7ccc5n6-c5ccccc5)cc4c4c5ccccc5ccc43)NC12. The van der Waals surface area contributed by atoms with E-state index in [0.717, 1.165) is 33.9 Å². The van der Waals surface area contributed by atoms with Crippen molar-refractivity contribution >= 4 is 93.5 Å². The molecule has 2 aromatic heterocycles. The third kappa shape index (κ3) is 5.98. The minimum Gasteiger partial charge on any atom is -0.344 e. The molecule has 4 heterocycles. The summed E-state index contributed by atoms with van der Waals surface area (Å²) in [5, 5.41) is 13.8. The molecular weight excluding hydrogens is 833 g/mol. The topological polar surface area (TPSA) is 34.2 Å². The summed E-state index contributed by atoms with van der Waals surface area (Å²) in [5.41, 5.74) is 13.8. The molecule has 0 radical (unpaired) electrons. The van der Waals surface area contributed by atoms with E-state index < -0.39 is 0 Å². The zero-order chi connectivity index (χ0) is 44.0. The lowest BCUT2D eigenvalue weighted by molar-refractivity contribution is 0.835. The maximum absolute atomic E-state index is 5.66. The maximum atomic E-state index is 5.66. The van der Waals surface area contributed by atoms with E-state index in [1.54, 1.807) is 0 Å². The molecule has 10 aromatic carbocycles. The normalized spacial score (nSPS) is 14.9. The number of nitrogens with one attached hydrogen (secondary N) is 1. The van der Waals surface area contributed by atoms with Gasteiger partial charge in [0.15, 0.2) is 0 Å². The lowest BCUT2D eigenvalue weighted by Crippen LogP contribution is -2.40. The van der Waals surface area contributed by atoms with Crippen molar-refractivity contribution in [1.29, 1.82) is 0 Å². The van der Waals surface area contributed by atoms with E-state index >= 15 is 0 Å². The summed E-state index contributed by atoms with van der Waals surface area (Å²) in [6.45, 7) is 0. The molecule has 5 heteroatoms. The van der Waals surface area contributed by atoms with Crippen LogP contribution in [0.4, 0.5) is 0 Å². The van der Waals surface area contributed by atoms with Crippen LogP contribution >= 0.6 is 11.8 Å². The summed E-state index contributed by atoms with van der Waals surface area (Å²) in [5.74, 6) is 0.810. The quantitative estimate of drug-likeness (QED) is 0.187. The fourth-order valence-corrected chi connectivity index (χ4v) is 11.9. The largest absolute Gasteiger partial charge is 0.344 e. The number of benzene rings is 10. The van der Waals surface area contributed by atoms with Crippen molar-refractivity contribution in [2.24, 2.45) is 4.99 Å². The molecule has 0 saturated heterocycles. The van der Waals surface area contributed by atoms with Crippen molar-refractivity contribution in [3.63, 3.8) is 0 Å². The first-order chi connectivity index (χ1) is 33.2. The number of aliphatic imine (C=N–C) groups is 1. The first-order valence-electron chi connectivity index (χ1n) is 22.9. The summed E-state index contributed by atoms with van der Waals surface area (Å²) >= 11 is 1.82. The molecule has 0 bridgehead atoms.